The maximum Gasteiger partial charge on any atom is 0.417 e. The van der Waals surface area contributed by atoms with Crippen LogP contribution in [0.5, 0.6) is 0 Å². The van der Waals surface area contributed by atoms with Gasteiger partial charge in [0.15, 0.2) is 0 Å². The molecule has 1 saturated heterocycles. The van der Waals surface area contributed by atoms with Gasteiger partial charge in [0.2, 0.25) is 0 Å². The number of hydrogen-bond donors (Lipinski definition) is 1. The summed E-state index contributed by atoms with van der Waals surface area (Å²) < 4.78 is 45.4. The number of hydrogen-bond acceptors (Lipinski definition) is 3. The molecule has 1 aliphatic rings. The van der Waals surface area contributed by atoms with Gasteiger partial charge in [-0.15, -0.1) is 0 Å². The number of likely N-dealkylation sites (N-methyl/N-ethyl adjacent to an activating group) is 1. The molecule has 2 atom stereocenters. The Labute approximate surface area is 195 Å². The van der Waals surface area contributed by atoms with E-state index in [4.69, 9.17) is 16.0 Å². The number of benzene rings is 2. The molecule has 4 nitrogen and oxygen atoms in total. The summed E-state index contributed by atoms with van der Waals surface area (Å²) in [6.45, 7) is 0.874. The van der Waals surface area contributed by atoms with Crippen LogP contribution in [-0.4, -0.2) is 30.4 Å². The molecule has 0 radical (unpaired) electrons. The Hall–Kier alpha value is -2.77. The van der Waals surface area contributed by atoms with Crippen LogP contribution in [0.25, 0.3) is 11.3 Å². The van der Waals surface area contributed by atoms with Crippen molar-refractivity contribution >= 4 is 17.5 Å². The van der Waals surface area contributed by atoms with E-state index in [9.17, 15) is 18.0 Å². The summed E-state index contributed by atoms with van der Waals surface area (Å²) >= 11 is 6.02. The number of piperidine rings is 1. The molecular weight excluding hydrogens is 453 g/mol. The third kappa shape index (κ3) is 5.09. The second-order valence-corrected chi connectivity index (χ2v) is 8.64. The van der Waals surface area contributed by atoms with Crippen LogP contribution in [0.1, 0.15) is 46.8 Å². The number of alkyl halides is 3. The highest BCUT2D eigenvalue weighted by Crippen LogP contribution is 2.37. The van der Waals surface area contributed by atoms with Crippen molar-refractivity contribution in [1.82, 2.24) is 10.2 Å². The highest BCUT2D eigenvalue weighted by atomic mass is 35.5. The summed E-state index contributed by atoms with van der Waals surface area (Å²) in [6, 6.07) is 14.2. The smallest absolute Gasteiger partial charge is 0.417 e. The minimum Gasteiger partial charge on any atom is -0.464 e. The molecule has 1 amide bonds. The molecule has 1 fully saturated rings. The zero-order valence-electron chi connectivity index (χ0n) is 18.0. The average molecular weight is 477 g/mol. The van der Waals surface area contributed by atoms with Crippen LogP contribution >= 0.6 is 11.6 Å². The molecule has 8 heteroatoms. The first-order valence-electron chi connectivity index (χ1n) is 10.8. The first-order chi connectivity index (χ1) is 15.8. The molecule has 2 heterocycles. The van der Waals surface area contributed by atoms with Crippen LogP contribution in [0.3, 0.4) is 0 Å². The molecule has 0 bridgehead atoms. The van der Waals surface area contributed by atoms with E-state index in [0.717, 1.165) is 43.0 Å². The van der Waals surface area contributed by atoms with Gasteiger partial charge in [0, 0.05) is 11.6 Å². The summed E-state index contributed by atoms with van der Waals surface area (Å²) in [5, 5.41) is 2.38. The van der Waals surface area contributed by atoms with Crippen LogP contribution in [-0.2, 0) is 6.18 Å². The third-order valence-corrected chi connectivity index (χ3v) is 6.51. The highest BCUT2D eigenvalue weighted by Gasteiger charge is 2.36. The van der Waals surface area contributed by atoms with Crippen molar-refractivity contribution in [2.24, 2.45) is 0 Å². The fourth-order valence-corrected chi connectivity index (χ4v) is 4.72. The molecule has 33 heavy (non-hydrogen) atoms. The van der Waals surface area contributed by atoms with Gasteiger partial charge in [-0.25, -0.2) is 0 Å². The van der Waals surface area contributed by atoms with Gasteiger partial charge in [-0.2, -0.15) is 13.2 Å². The summed E-state index contributed by atoms with van der Waals surface area (Å²) in [7, 11) is 2.00. The highest BCUT2D eigenvalue weighted by molar-refractivity contribution is 6.34. The van der Waals surface area contributed by atoms with Gasteiger partial charge < -0.3 is 14.6 Å². The number of carbonyl (C=O) groups excluding carboxylic acids is 1. The molecule has 1 N–H and O–H groups in total. The van der Waals surface area contributed by atoms with E-state index < -0.39 is 28.7 Å². The second-order valence-electron chi connectivity index (χ2n) is 8.26. The molecule has 1 aromatic heterocycles. The Kier molecular flexibility index (Phi) is 6.81. The number of nitrogens with one attached hydrogen (secondary N) is 1. The molecule has 174 valence electrons. The normalized spacial score (nSPS) is 18.2. The lowest BCUT2D eigenvalue weighted by molar-refractivity contribution is -0.137. The van der Waals surface area contributed by atoms with Crippen LogP contribution < -0.4 is 5.32 Å². The van der Waals surface area contributed by atoms with Gasteiger partial charge in [-0.05, 0) is 62.3 Å². The molecule has 0 unspecified atom stereocenters. The molecule has 1 aliphatic heterocycles. The Morgan fingerprint density at radius 3 is 2.64 bits per heavy atom. The van der Waals surface area contributed by atoms with E-state index in [-0.39, 0.29) is 11.6 Å². The Morgan fingerprint density at radius 2 is 1.94 bits per heavy atom. The van der Waals surface area contributed by atoms with Gasteiger partial charge in [0.25, 0.3) is 5.91 Å². The molecule has 0 spiro atoms. The zero-order valence-corrected chi connectivity index (χ0v) is 18.8. The predicted molar refractivity (Wildman–Crippen MR) is 121 cm³/mol. The number of likely N-dealkylation sites (tertiary alicyclic amines) is 1. The predicted octanol–water partition coefficient (Wildman–Crippen LogP) is 6.57. The maximum atomic E-state index is 13.3. The number of furan rings is 1. The van der Waals surface area contributed by atoms with Crippen molar-refractivity contribution in [1.29, 1.82) is 0 Å². The quantitative estimate of drug-likeness (QED) is 0.452. The minimum absolute atomic E-state index is 0.0147. The Balaban J connectivity index is 1.70. The fraction of sp³-hybridized carbons (Fsp3) is 0.320. The first kappa shape index (κ1) is 23.4. The topological polar surface area (TPSA) is 45.5 Å². The van der Waals surface area contributed by atoms with Gasteiger partial charge in [-0.3, -0.25) is 4.79 Å². The Morgan fingerprint density at radius 1 is 1.15 bits per heavy atom. The second kappa shape index (κ2) is 9.61. The minimum atomic E-state index is -4.65. The SMILES string of the molecule is CN1CCCC[C@H]1[C@@H](NC(=O)c1cccc(C(F)(F)F)c1Cl)c1cccc(-c2ccco2)c1. The van der Waals surface area contributed by atoms with E-state index >= 15 is 0 Å². The van der Waals surface area contributed by atoms with E-state index in [1.165, 1.54) is 12.1 Å². The average Bonchev–Trinajstić information content (AvgIpc) is 3.32. The van der Waals surface area contributed by atoms with Crippen LogP contribution in [0.2, 0.25) is 5.02 Å². The van der Waals surface area contributed by atoms with E-state index in [1.807, 2.05) is 37.4 Å². The lowest BCUT2D eigenvalue weighted by Gasteiger charge is -2.38. The number of nitrogens with zero attached hydrogens (tertiary/aromatic N) is 1. The van der Waals surface area contributed by atoms with E-state index in [1.54, 1.807) is 12.3 Å². The standard InChI is InChI=1S/C25H24ClF3N2O2/c1-31-13-3-2-11-20(31)23(17-8-4-7-16(15-17)21-12-6-14-33-21)30-24(32)18-9-5-10-19(22(18)26)25(27,28)29/h4-10,12,14-15,20,23H,2-3,11,13H2,1H3,(H,30,32)/t20-,23-/m0/s1. The maximum absolute atomic E-state index is 13.3. The molecule has 4 rings (SSSR count). The summed E-state index contributed by atoms with van der Waals surface area (Å²) in [6.07, 6.45) is -0.147. The molecular formula is C25H24ClF3N2O2. The Bertz CT molecular complexity index is 1120. The van der Waals surface area contributed by atoms with Crippen LogP contribution in [0.15, 0.2) is 65.3 Å². The van der Waals surface area contributed by atoms with E-state index in [0.29, 0.717) is 5.76 Å². The fourth-order valence-electron chi connectivity index (χ4n) is 4.40. The van der Waals surface area contributed by atoms with Crippen molar-refractivity contribution < 1.29 is 22.4 Å². The molecule has 0 aliphatic carbocycles. The summed E-state index contributed by atoms with van der Waals surface area (Å²) in [5.74, 6) is 0.0540. The summed E-state index contributed by atoms with van der Waals surface area (Å²) in [4.78, 5) is 15.4. The number of rotatable bonds is 5. The summed E-state index contributed by atoms with van der Waals surface area (Å²) in [5.41, 5.74) is 0.478. The van der Waals surface area contributed by atoms with Gasteiger partial charge in [0.05, 0.1) is 28.5 Å². The van der Waals surface area contributed by atoms with Crippen molar-refractivity contribution in [3.8, 4) is 11.3 Å². The first-order valence-corrected chi connectivity index (χ1v) is 11.1. The van der Waals surface area contributed by atoms with Crippen LogP contribution in [0, 0.1) is 0 Å². The van der Waals surface area contributed by atoms with Gasteiger partial charge in [0.1, 0.15) is 5.76 Å². The molecule has 2 aromatic carbocycles. The van der Waals surface area contributed by atoms with Gasteiger partial charge >= 0.3 is 6.18 Å². The number of amides is 1. The number of halogens is 4. The van der Waals surface area contributed by atoms with Crippen molar-refractivity contribution in [3.05, 3.63) is 82.6 Å². The zero-order chi connectivity index (χ0) is 23.6. The molecule has 3 aromatic rings. The van der Waals surface area contributed by atoms with Crippen LogP contribution in [0.4, 0.5) is 13.2 Å². The van der Waals surface area contributed by atoms with Crippen molar-refractivity contribution in [3.63, 3.8) is 0 Å². The van der Waals surface area contributed by atoms with E-state index in [2.05, 4.69) is 10.2 Å². The third-order valence-electron chi connectivity index (χ3n) is 6.10. The van der Waals surface area contributed by atoms with Crippen molar-refractivity contribution in [2.45, 2.75) is 37.5 Å². The monoisotopic (exact) mass is 476 g/mol. The van der Waals surface area contributed by atoms with Gasteiger partial charge in [-0.1, -0.05) is 42.3 Å². The lowest BCUT2D eigenvalue weighted by atomic mass is 9.90. The largest absolute Gasteiger partial charge is 0.464 e. The molecule has 0 saturated carbocycles. The lowest BCUT2D eigenvalue weighted by Crippen LogP contribution is -2.47. The number of carbonyl (C=O) groups is 1. The van der Waals surface area contributed by atoms with Crippen molar-refractivity contribution in [2.75, 3.05) is 13.6 Å².